The third kappa shape index (κ3) is 2.10. The molecule has 3 rings (SSSR count). The fourth-order valence-electron chi connectivity index (χ4n) is 2.27. The first kappa shape index (κ1) is 12.2. The van der Waals surface area contributed by atoms with Crippen molar-refractivity contribution in [3.05, 3.63) is 59.2 Å². The van der Waals surface area contributed by atoms with Crippen molar-refractivity contribution in [1.29, 1.82) is 5.26 Å². The molecule has 0 atom stereocenters. The van der Waals surface area contributed by atoms with Gasteiger partial charge in [0.15, 0.2) is 6.61 Å². The van der Waals surface area contributed by atoms with Crippen LogP contribution in [0.4, 0.5) is 0 Å². The van der Waals surface area contributed by atoms with E-state index in [1.54, 1.807) is 18.2 Å². The number of rotatable bonds is 2. The Morgan fingerprint density at radius 2 is 2.00 bits per heavy atom. The number of benzene rings is 2. The number of nitriles is 1. The van der Waals surface area contributed by atoms with Crippen LogP contribution in [0.3, 0.4) is 0 Å². The summed E-state index contributed by atoms with van der Waals surface area (Å²) in [5.41, 5.74) is 2.28. The molecule has 2 aromatic carbocycles. The van der Waals surface area contributed by atoms with E-state index >= 15 is 0 Å². The number of ether oxygens (including phenoxy) is 2. The summed E-state index contributed by atoms with van der Waals surface area (Å²) < 4.78 is 10.7. The highest BCUT2D eigenvalue weighted by Crippen LogP contribution is 2.37. The van der Waals surface area contributed by atoms with Gasteiger partial charge in [0.2, 0.25) is 0 Å². The Morgan fingerprint density at radius 3 is 2.85 bits per heavy atom. The van der Waals surface area contributed by atoms with Gasteiger partial charge in [0, 0.05) is 12.0 Å². The molecule has 0 saturated carbocycles. The van der Waals surface area contributed by atoms with Gasteiger partial charge in [-0.25, -0.2) is 4.79 Å². The third-order valence-electron chi connectivity index (χ3n) is 3.18. The maximum Gasteiger partial charge on any atom is 0.339 e. The van der Waals surface area contributed by atoms with Crippen LogP contribution in [0.2, 0.25) is 0 Å². The van der Waals surface area contributed by atoms with Crippen LogP contribution in [-0.2, 0) is 11.2 Å². The molecule has 98 valence electrons. The molecule has 1 aliphatic rings. The molecule has 4 heteroatoms. The number of carbonyl (C=O) groups is 1. The molecule has 0 aliphatic carbocycles. The van der Waals surface area contributed by atoms with Crippen molar-refractivity contribution in [3.63, 3.8) is 0 Å². The summed E-state index contributed by atoms with van der Waals surface area (Å²) in [6.45, 7) is -0.250. The van der Waals surface area contributed by atoms with Gasteiger partial charge in [-0.15, -0.1) is 0 Å². The van der Waals surface area contributed by atoms with E-state index in [2.05, 4.69) is 0 Å². The number of nitrogens with zero attached hydrogens (tertiary/aromatic N) is 1. The molecule has 4 nitrogen and oxygen atoms in total. The molecule has 0 bridgehead atoms. The van der Waals surface area contributed by atoms with Crippen LogP contribution in [-0.4, -0.2) is 12.6 Å². The van der Waals surface area contributed by atoms with Crippen LogP contribution >= 0.6 is 0 Å². The zero-order valence-electron chi connectivity index (χ0n) is 10.6. The predicted octanol–water partition coefficient (Wildman–Crippen LogP) is 3.06. The summed E-state index contributed by atoms with van der Waals surface area (Å²) in [4.78, 5) is 12.0. The van der Waals surface area contributed by atoms with Crippen LogP contribution in [0.1, 0.15) is 21.5 Å². The maximum atomic E-state index is 12.0. The first-order chi connectivity index (χ1) is 9.79. The standard InChI is InChI=1S/C16H11NO3/c17-8-9-19-16(18)12-5-3-7-15-13(12)10-11-4-1-2-6-14(11)20-15/h1-7H,9-10H2. The lowest BCUT2D eigenvalue weighted by Gasteiger charge is -2.21. The Balaban J connectivity index is 1.98. The van der Waals surface area contributed by atoms with Gasteiger partial charge in [0.1, 0.15) is 17.6 Å². The van der Waals surface area contributed by atoms with Crippen molar-refractivity contribution in [2.24, 2.45) is 0 Å². The van der Waals surface area contributed by atoms with Gasteiger partial charge in [0.25, 0.3) is 0 Å². The molecule has 0 aromatic heterocycles. The third-order valence-corrected chi connectivity index (χ3v) is 3.18. The molecule has 0 amide bonds. The zero-order valence-corrected chi connectivity index (χ0v) is 10.6. The Morgan fingerprint density at radius 1 is 1.20 bits per heavy atom. The summed E-state index contributed by atoms with van der Waals surface area (Å²) in [7, 11) is 0. The second-order valence-electron chi connectivity index (χ2n) is 4.40. The second kappa shape index (κ2) is 5.06. The van der Waals surface area contributed by atoms with Gasteiger partial charge >= 0.3 is 5.97 Å². The van der Waals surface area contributed by atoms with Crippen molar-refractivity contribution < 1.29 is 14.3 Å². The normalized spacial score (nSPS) is 11.6. The van der Waals surface area contributed by atoms with E-state index in [0.717, 1.165) is 16.9 Å². The van der Waals surface area contributed by atoms with Gasteiger partial charge in [-0.05, 0) is 23.8 Å². The summed E-state index contributed by atoms with van der Waals surface area (Å²) >= 11 is 0. The van der Waals surface area contributed by atoms with Crippen molar-refractivity contribution in [2.75, 3.05) is 6.61 Å². The Kier molecular flexibility index (Phi) is 3.10. The molecular weight excluding hydrogens is 254 g/mol. The fraction of sp³-hybridized carbons (Fsp3) is 0.125. The summed E-state index contributed by atoms with van der Waals surface area (Å²) in [5.74, 6) is 0.976. The monoisotopic (exact) mass is 265 g/mol. The Bertz CT molecular complexity index is 716. The highest BCUT2D eigenvalue weighted by Gasteiger charge is 2.22. The van der Waals surface area contributed by atoms with E-state index in [4.69, 9.17) is 14.7 Å². The number of carbonyl (C=O) groups excluding carboxylic acids is 1. The van der Waals surface area contributed by atoms with Crippen molar-refractivity contribution in [2.45, 2.75) is 6.42 Å². The molecule has 0 fully saturated rings. The lowest BCUT2D eigenvalue weighted by atomic mass is 9.96. The number of hydrogen-bond acceptors (Lipinski definition) is 4. The number of esters is 1. The molecule has 20 heavy (non-hydrogen) atoms. The minimum Gasteiger partial charge on any atom is -0.457 e. The average molecular weight is 265 g/mol. The van der Waals surface area contributed by atoms with Gasteiger partial charge in [-0.1, -0.05) is 24.3 Å². The molecule has 2 aromatic rings. The van der Waals surface area contributed by atoms with Crippen LogP contribution in [0, 0.1) is 11.3 Å². The Labute approximate surface area is 116 Å². The molecular formula is C16H11NO3. The summed E-state index contributed by atoms with van der Waals surface area (Å²) in [6, 6.07) is 14.8. The fourth-order valence-corrected chi connectivity index (χ4v) is 2.27. The van der Waals surface area contributed by atoms with E-state index in [1.807, 2.05) is 30.3 Å². The highest BCUT2D eigenvalue weighted by molar-refractivity contribution is 5.92. The van der Waals surface area contributed by atoms with E-state index < -0.39 is 5.97 Å². The van der Waals surface area contributed by atoms with E-state index in [9.17, 15) is 4.79 Å². The van der Waals surface area contributed by atoms with E-state index in [-0.39, 0.29) is 6.61 Å². The molecule has 1 aliphatic heterocycles. The van der Waals surface area contributed by atoms with Crippen molar-refractivity contribution >= 4 is 5.97 Å². The zero-order chi connectivity index (χ0) is 13.9. The van der Waals surface area contributed by atoms with Gasteiger partial charge < -0.3 is 9.47 Å². The number of hydrogen-bond donors (Lipinski definition) is 0. The van der Waals surface area contributed by atoms with E-state index in [1.165, 1.54) is 0 Å². The van der Waals surface area contributed by atoms with Gasteiger partial charge in [-0.2, -0.15) is 5.26 Å². The first-order valence-electron chi connectivity index (χ1n) is 6.21. The average Bonchev–Trinajstić information content (AvgIpc) is 2.50. The minimum absolute atomic E-state index is 0.250. The molecule has 0 unspecified atom stereocenters. The number of fused-ring (bicyclic) bond motifs is 2. The maximum absolute atomic E-state index is 12.0. The van der Waals surface area contributed by atoms with Crippen LogP contribution < -0.4 is 4.74 Å². The van der Waals surface area contributed by atoms with Crippen LogP contribution in [0.5, 0.6) is 11.5 Å². The van der Waals surface area contributed by atoms with Gasteiger partial charge in [0.05, 0.1) is 5.56 Å². The van der Waals surface area contributed by atoms with Gasteiger partial charge in [-0.3, -0.25) is 0 Å². The molecule has 0 N–H and O–H groups in total. The van der Waals surface area contributed by atoms with Crippen molar-refractivity contribution in [1.82, 2.24) is 0 Å². The van der Waals surface area contributed by atoms with Crippen LogP contribution in [0.15, 0.2) is 42.5 Å². The second-order valence-corrected chi connectivity index (χ2v) is 4.40. The molecule has 1 heterocycles. The lowest BCUT2D eigenvalue weighted by Crippen LogP contribution is -2.12. The largest absolute Gasteiger partial charge is 0.457 e. The summed E-state index contributed by atoms with van der Waals surface area (Å²) in [6.07, 6.45) is 0.614. The minimum atomic E-state index is -0.494. The molecule has 0 saturated heterocycles. The number of para-hydroxylation sites is 1. The highest BCUT2D eigenvalue weighted by atomic mass is 16.5. The summed E-state index contributed by atoms with van der Waals surface area (Å²) in [5, 5.41) is 8.48. The first-order valence-corrected chi connectivity index (χ1v) is 6.21. The SMILES string of the molecule is N#CCOC(=O)c1cccc2c1Cc1ccccc1O2. The topological polar surface area (TPSA) is 59.3 Å². The molecule has 0 spiro atoms. The van der Waals surface area contributed by atoms with Crippen LogP contribution in [0.25, 0.3) is 0 Å². The molecule has 0 radical (unpaired) electrons. The van der Waals surface area contributed by atoms with Crippen molar-refractivity contribution in [3.8, 4) is 17.6 Å². The Hall–Kier alpha value is -2.80. The lowest BCUT2D eigenvalue weighted by molar-refractivity contribution is 0.0553. The smallest absolute Gasteiger partial charge is 0.339 e. The van der Waals surface area contributed by atoms with E-state index in [0.29, 0.717) is 17.7 Å². The quantitative estimate of drug-likeness (QED) is 0.668. The predicted molar refractivity (Wildman–Crippen MR) is 71.7 cm³/mol.